The zero-order chi connectivity index (χ0) is 17.1. The van der Waals surface area contributed by atoms with Crippen LogP contribution in [0.2, 0.25) is 0 Å². The number of rotatable bonds is 4. The first-order valence-electron chi connectivity index (χ1n) is 9.41. The standard InChI is InChI=1S/C20H31N3O/c1-14(2)13-23-18-5-4-6-19(23)12-17(11-18)22-20(24)21-16-9-7-15(3)8-10-16/h7-10,14,17-19H,4-6,11-13H2,1-3H3,(H2,21,22,24)/t17?,18-,19+. The van der Waals surface area contributed by atoms with Gasteiger partial charge in [-0.25, -0.2) is 4.79 Å². The highest BCUT2D eigenvalue weighted by Gasteiger charge is 2.38. The average molecular weight is 329 g/mol. The van der Waals surface area contributed by atoms with Gasteiger partial charge in [0.05, 0.1) is 0 Å². The van der Waals surface area contributed by atoms with E-state index in [0.717, 1.165) is 18.5 Å². The number of anilines is 1. The van der Waals surface area contributed by atoms with Crippen molar-refractivity contribution in [2.24, 2.45) is 5.92 Å². The molecule has 2 bridgehead atoms. The van der Waals surface area contributed by atoms with Crippen LogP contribution in [0.25, 0.3) is 0 Å². The molecule has 132 valence electrons. The summed E-state index contributed by atoms with van der Waals surface area (Å²) in [4.78, 5) is 15.0. The van der Waals surface area contributed by atoms with E-state index in [9.17, 15) is 4.79 Å². The Hall–Kier alpha value is -1.55. The molecule has 2 aliphatic rings. The summed E-state index contributed by atoms with van der Waals surface area (Å²) in [5, 5.41) is 6.17. The summed E-state index contributed by atoms with van der Waals surface area (Å²) in [6.07, 6.45) is 6.07. The minimum atomic E-state index is -0.0702. The van der Waals surface area contributed by atoms with Crippen LogP contribution in [0.5, 0.6) is 0 Å². The lowest BCUT2D eigenvalue weighted by Crippen LogP contribution is -2.58. The van der Waals surface area contributed by atoms with Crippen LogP contribution < -0.4 is 10.6 Å². The second-order valence-corrected chi connectivity index (χ2v) is 7.96. The summed E-state index contributed by atoms with van der Waals surface area (Å²) >= 11 is 0. The van der Waals surface area contributed by atoms with Gasteiger partial charge in [-0.2, -0.15) is 0 Å². The molecule has 1 aromatic rings. The highest BCUT2D eigenvalue weighted by atomic mass is 16.2. The van der Waals surface area contributed by atoms with E-state index in [1.165, 1.54) is 31.4 Å². The fraction of sp³-hybridized carbons (Fsp3) is 0.650. The molecule has 2 amide bonds. The van der Waals surface area contributed by atoms with Crippen LogP contribution in [0.15, 0.2) is 24.3 Å². The van der Waals surface area contributed by atoms with Crippen molar-refractivity contribution in [2.75, 3.05) is 11.9 Å². The van der Waals surface area contributed by atoms with Gasteiger partial charge in [0.15, 0.2) is 0 Å². The summed E-state index contributed by atoms with van der Waals surface area (Å²) < 4.78 is 0. The number of aryl methyl sites for hydroxylation is 1. The van der Waals surface area contributed by atoms with Crippen LogP contribution in [0.3, 0.4) is 0 Å². The molecule has 2 heterocycles. The van der Waals surface area contributed by atoms with Gasteiger partial charge in [-0.15, -0.1) is 0 Å². The van der Waals surface area contributed by atoms with Gasteiger partial charge in [0.2, 0.25) is 0 Å². The summed E-state index contributed by atoms with van der Waals surface area (Å²) in [5.41, 5.74) is 2.06. The van der Waals surface area contributed by atoms with E-state index in [1.54, 1.807) is 0 Å². The van der Waals surface area contributed by atoms with Crippen molar-refractivity contribution in [3.63, 3.8) is 0 Å². The van der Waals surface area contributed by atoms with E-state index in [-0.39, 0.29) is 6.03 Å². The number of urea groups is 1. The third kappa shape index (κ3) is 4.29. The molecule has 0 spiro atoms. The van der Waals surface area contributed by atoms with Gasteiger partial charge in [-0.1, -0.05) is 38.0 Å². The first-order valence-corrected chi connectivity index (χ1v) is 9.41. The van der Waals surface area contributed by atoms with E-state index in [1.807, 2.05) is 31.2 Å². The Bertz CT molecular complexity index is 541. The van der Waals surface area contributed by atoms with Gasteiger partial charge in [-0.3, -0.25) is 4.90 Å². The van der Waals surface area contributed by atoms with Crippen molar-refractivity contribution < 1.29 is 4.79 Å². The van der Waals surface area contributed by atoms with Crippen LogP contribution in [0.4, 0.5) is 10.5 Å². The molecule has 2 N–H and O–H groups in total. The minimum absolute atomic E-state index is 0.0702. The molecule has 2 fully saturated rings. The fourth-order valence-electron chi connectivity index (χ4n) is 4.31. The largest absolute Gasteiger partial charge is 0.335 e. The molecule has 0 radical (unpaired) electrons. The maximum absolute atomic E-state index is 12.3. The lowest BCUT2D eigenvalue weighted by molar-refractivity contribution is 0.0180. The van der Waals surface area contributed by atoms with Crippen LogP contribution in [0.1, 0.15) is 51.5 Å². The van der Waals surface area contributed by atoms with Crippen LogP contribution in [0, 0.1) is 12.8 Å². The minimum Gasteiger partial charge on any atom is -0.335 e. The molecule has 4 nitrogen and oxygen atoms in total. The molecular formula is C20H31N3O. The summed E-state index contributed by atoms with van der Waals surface area (Å²) in [5.74, 6) is 0.711. The first kappa shape index (κ1) is 17.3. The van der Waals surface area contributed by atoms with Gasteiger partial charge in [-0.05, 0) is 50.7 Å². The number of carbonyl (C=O) groups is 1. The molecule has 0 aliphatic carbocycles. The zero-order valence-corrected chi connectivity index (χ0v) is 15.2. The van der Waals surface area contributed by atoms with Crippen molar-refractivity contribution in [1.29, 1.82) is 0 Å². The van der Waals surface area contributed by atoms with E-state index >= 15 is 0 Å². The third-order valence-electron chi connectivity index (χ3n) is 5.35. The van der Waals surface area contributed by atoms with Gasteiger partial charge in [0.1, 0.15) is 0 Å². The molecule has 4 heteroatoms. The van der Waals surface area contributed by atoms with Crippen molar-refractivity contribution in [2.45, 2.75) is 71.0 Å². The molecule has 3 atom stereocenters. The average Bonchev–Trinajstić information content (AvgIpc) is 2.50. The Kier molecular flexibility index (Phi) is 5.44. The quantitative estimate of drug-likeness (QED) is 0.871. The topological polar surface area (TPSA) is 44.4 Å². The Morgan fingerprint density at radius 2 is 1.79 bits per heavy atom. The van der Waals surface area contributed by atoms with Crippen LogP contribution in [-0.2, 0) is 0 Å². The third-order valence-corrected chi connectivity index (χ3v) is 5.35. The number of fused-ring (bicyclic) bond motifs is 2. The Balaban J connectivity index is 1.55. The fourth-order valence-corrected chi connectivity index (χ4v) is 4.31. The molecule has 0 aromatic heterocycles. The van der Waals surface area contributed by atoms with E-state index < -0.39 is 0 Å². The highest BCUT2D eigenvalue weighted by molar-refractivity contribution is 5.89. The maximum Gasteiger partial charge on any atom is 0.319 e. The smallest absolute Gasteiger partial charge is 0.319 e. The Morgan fingerprint density at radius 1 is 1.17 bits per heavy atom. The van der Waals surface area contributed by atoms with Crippen molar-refractivity contribution in [3.8, 4) is 0 Å². The molecule has 2 saturated heterocycles. The number of nitrogens with one attached hydrogen (secondary N) is 2. The van der Waals surface area contributed by atoms with Crippen molar-refractivity contribution in [1.82, 2.24) is 10.2 Å². The molecule has 1 unspecified atom stereocenters. The number of nitrogens with zero attached hydrogens (tertiary/aromatic N) is 1. The van der Waals surface area contributed by atoms with Gasteiger partial charge < -0.3 is 10.6 Å². The Morgan fingerprint density at radius 3 is 2.38 bits per heavy atom. The lowest BCUT2D eigenvalue weighted by atomic mass is 9.81. The second kappa shape index (κ2) is 7.56. The maximum atomic E-state index is 12.3. The number of piperidine rings is 2. The van der Waals surface area contributed by atoms with E-state index in [0.29, 0.717) is 24.0 Å². The summed E-state index contributed by atoms with van der Waals surface area (Å²) in [6.45, 7) is 7.84. The predicted molar refractivity (Wildman–Crippen MR) is 99.3 cm³/mol. The van der Waals surface area contributed by atoms with E-state index in [4.69, 9.17) is 0 Å². The SMILES string of the molecule is Cc1ccc(NC(=O)NC2C[C@H]3CCC[C@@H](C2)N3CC(C)C)cc1. The summed E-state index contributed by atoms with van der Waals surface area (Å²) in [7, 11) is 0. The zero-order valence-electron chi connectivity index (χ0n) is 15.2. The monoisotopic (exact) mass is 329 g/mol. The highest BCUT2D eigenvalue weighted by Crippen LogP contribution is 2.34. The molecule has 24 heavy (non-hydrogen) atoms. The number of hydrogen-bond donors (Lipinski definition) is 2. The van der Waals surface area contributed by atoms with Crippen LogP contribution in [-0.4, -0.2) is 35.6 Å². The van der Waals surface area contributed by atoms with Gasteiger partial charge >= 0.3 is 6.03 Å². The normalized spacial score (nSPS) is 27.1. The second-order valence-electron chi connectivity index (χ2n) is 7.96. The molecule has 2 aliphatic heterocycles. The number of hydrogen-bond acceptors (Lipinski definition) is 2. The van der Waals surface area contributed by atoms with E-state index in [2.05, 4.69) is 29.4 Å². The first-order chi connectivity index (χ1) is 11.5. The van der Waals surface area contributed by atoms with Gasteiger partial charge in [0, 0.05) is 30.4 Å². The number of benzene rings is 1. The Labute approximate surface area is 146 Å². The van der Waals surface area contributed by atoms with Crippen LogP contribution >= 0.6 is 0 Å². The molecule has 1 aromatic carbocycles. The van der Waals surface area contributed by atoms with Gasteiger partial charge in [0.25, 0.3) is 0 Å². The van der Waals surface area contributed by atoms with Crippen molar-refractivity contribution in [3.05, 3.63) is 29.8 Å². The van der Waals surface area contributed by atoms with Crippen molar-refractivity contribution >= 4 is 11.7 Å². The molecular weight excluding hydrogens is 298 g/mol. The predicted octanol–water partition coefficient (Wildman–Crippen LogP) is 4.16. The molecule has 0 saturated carbocycles. The molecule has 3 rings (SSSR count). The lowest BCUT2D eigenvalue weighted by Gasteiger charge is -2.49. The number of carbonyl (C=O) groups excluding carboxylic acids is 1. The number of amides is 2. The summed E-state index contributed by atoms with van der Waals surface area (Å²) in [6, 6.07) is 9.46.